The maximum atomic E-state index is 11.5. The number of rotatable bonds is 5. The number of hydrogen-bond donors (Lipinski definition) is 2. The molecule has 0 aliphatic rings. The van der Waals surface area contributed by atoms with Crippen LogP contribution in [0, 0.1) is 0 Å². The van der Waals surface area contributed by atoms with Crippen molar-refractivity contribution >= 4 is 23.6 Å². The molecule has 2 N–H and O–H groups in total. The fraction of sp³-hybridized carbons (Fsp3) is 0.0588. The highest BCUT2D eigenvalue weighted by molar-refractivity contribution is 6.21. The van der Waals surface area contributed by atoms with Gasteiger partial charge in [0.25, 0.3) is 0 Å². The maximum absolute atomic E-state index is 11.5. The van der Waals surface area contributed by atoms with Crippen molar-refractivity contribution in [3.8, 4) is 5.75 Å². The molecule has 2 rings (SSSR count). The first-order valence-corrected chi connectivity index (χ1v) is 6.44. The Hall–Kier alpha value is -3.08. The molecule has 5 nitrogen and oxygen atoms in total. The molecule has 2 aromatic carbocycles. The van der Waals surface area contributed by atoms with E-state index in [1.54, 1.807) is 36.4 Å². The van der Waals surface area contributed by atoms with Crippen LogP contribution in [0.25, 0.3) is 11.6 Å². The molecule has 0 radical (unpaired) electrons. The number of para-hydroxylation sites is 1. The van der Waals surface area contributed by atoms with Gasteiger partial charge in [-0.3, -0.25) is 0 Å². The van der Waals surface area contributed by atoms with E-state index in [2.05, 4.69) is 0 Å². The highest BCUT2D eigenvalue weighted by Crippen LogP contribution is 2.27. The van der Waals surface area contributed by atoms with Crippen molar-refractivity contribution in [2.24, 2.45) is 0 Å². The predicted octanol–water partition coefficient (Wildman–Crippen LogP) is 3.02. The first-order valence-electron chi connectivity index (χ1n) is 6.44. The van der Waals surface area contributed by atoms with E-state index >= 15 is 0 Å². The highest BCUT2D eigenvalue weighted by atomic mass is 16.5. The molecule has 0 saturated heterocycles. The van der Waals surface area contributed by atoms with Gasteiger partial charge >= 0.3 is 11.9 Å². The number of aromatic carboxylic acids is 1. The van der Waals surface area contributed by atoms with Crippen LogP contribution in [0.1, 0.15) is 21.5 Å². The third-order valence-electron chi connectivity index (χ3n) is 3.10. The molecule has 0 amide bonds. The molecule has 5 heteroatoms. The molecule has 2 aromatic rings. The topological polar surface area (TPSA) is 83.8 Å². The van der Waals surface area contributed by atoms with Crippen molar-refractivity contribution in [3.05, 3.63) is 65.2 Å². The lowest BCUT2D eigenvalue weighted by molar-refractivity contribution is -0.130. The van der Waals surface area contributed by atoms with Crippen LogP contribution in [0.2, 0.25) is 0 Å². The van der Waals surface area contributed by atoms with Gasteiger partial charge in [0.05, 0.1) is 18.2 Å². The van der Waals surface area contributed by atoms with Crippen LogP contribution in [-0.4, -0.2) is 29.3 Å². The molecule has 0 bridgehead atoms. The molecular formula is C17H14O5. The standard InChI is InChI=1S/C17H14O5/c1-22-15-5-3-2-4-13(15)14(17(20)21)10-11-6-8-12(9-7-11)16(18)19/h2-10H,1H3,(H,18,19)(H,20,21)/b14-10-. The zero-order valence-corrected chi connectivity index (χ0v) is 11.8. The largest absolute Gasteiger partial charge is 0.496 e. The Morgan fingerprint density at radius 3 is 2.18 bits per heavy atom. The summed E-state index contributed by atoms with van der Waals surface area (Å²) < 4.78 is 5.18. The molecule has 0 atom stereocenters. The molecule has 0 aliphatic heterocycles. The first kappa shape index (κ1) is 15.3. The average molecular weight is 298 g/mol. The van der Waals surface area contributed by atoms with Crippen LogP contribution in [0.5, 0.6) is 5.75 Å². The molecule has 0 fully saturated rings. The second kappa shape index (κ2) is 6.58. The zero-order valence-electron chi connectivity index (χ0n) is 11.8. The highest BCUT2D eigenvalue weighted by Gasteiger charge is 2.15. The average Bonchev–Trinajstić information content (AvgIpc) is 2.52. The fourth-order valence-electron chi connectivity index (χ4n) is 2.01. The molecule has 0 aromatic heterocycles. The fourth-order valence-corrected chi connectivity index (χ4v) is 2.01. The Bertz CT molecular complexity index is 729. The lowest BCUT2D eigenvalue weighted by Crippen LogP contribution is -2.02. The number of carbonyl (C=O) groups is 2. The maximum Gasteiger partial charge on any atom is 0.336 e. The van der Waals surface area contributed by atoms with Crippen molar-refractivity contribution in [1.29, 1.82) is 0 Å². The lowest BCUT2D eigenvalue weighted by Gasteiger charge is -2.09. The number of ether oxygens (including phenoxy) is 1. The van der Waals surface area contributed by atoms with E-state index in [-0.39, 0.29) is 11.1 Å². The Morgan fingerprint density at radius 1 is 1.00 bits per heavy atom. The van der Waals surface area contributed by atoms with E-state index < -0.39 is 11.9 Å². The van der Waals surface area contributed by atoms with E-state index in [0.29, 0.717) is 16.9 Å². The summed E-state index contributed by atoms with van der Waals surface area (Å²) in [7, 11) is 1.47. The number of carboxylic acid groups (broad SMARTS) is 2. The summed E-state index contributed by atoms with van der Waals surface area (Å²) in [6, 6.07) is 12.8. The molecule has 0 aliphatic carbocycles. The number of benzene rings is 2. The SMILES string of the molecule is COc1ccccc1/C(=C/c1ccc(C(=O)O)cc1)C(=O)O. The second-order valence-corrected chi connectivity index (χ2v) is 4.49. The van der Waals surface area contributed by atoms with E-state index in [4.69, 9.17) is 9.84 Å². The molecular weight excluding hydrogens is 284 g/mol. The Morgan fingerprint density at radius 2 is 1.64 bits per heavy atom. The van der Waals surface area contributed by atoms with Crippen molar-refractivity contribution in [3.63, 3.8) is 0 Å². The minimum absolute atomic E-state index is 0.0699. The van der Waals surface area contributed by atoms with Gasteiger partial charge in [0, 0.05) is 5.56 Å². The van der Waals surface area contributed by atoms with E-state index in [9.17, 15) is 14.7 Å². The minimum atomic E-state index is -1.09. The van der Waals surface area contributed by atoms with Gasteiger partial charge in [0.2, 0.25) is 0 Å². The van der Waals surface area contributed by atoms with E-state index in [0.717, 1.165) is 0 Å². The van der Waals surface area contributed by atoms with Crippen LogP contribution in [-0.2, 0) is 4.79 Å². The van der Waals surface area contributed by atoms with Crippen LogP contribution >= 0.6 is 0 Å². The molecule has 22 heavy (non-hydrogen) atoms. The first-order chi connectivity index (χ1) is 10.5. The molecule has 0 saturated carbocycles. The number of carboxylic acids is 2. The van der Waals surface area contributed by atoms with Crippen molar-refractivity contribution in [1.82, 2.24) is 0 Å². The minimum Gasteiger partial charge on any atom is -0.496 e. The Labute approximate surface area is 127 Å². The Balaban J connectivity index is 2.47. The van der Waals surface area contributed by atoms with Gasteiger partial charge < -0.3 is 14.9 Å². The summed E-state index contributed by atoms with van der Waals surface area (Å²) in [6.07, 6.45) is 1.48. The van der Waals surface area contributed by atoms with Gasteiger partial charge in [0.15, 0.2) is 0 Å². The van der Waals surface area contributed by atoms with Crippen molar-refractivity contribution < 1.29 is 24.5 Å². The third-order valence-corrected chi connectivity index (χ3v) is 3.10. The smallest absolute Gasteiger partial charge is 0.336 e. The summed E-state index contributed by atoms with van der Waals surface area (Å²) in [4.78, 5) is 22.4. The van der Waals surface area contributed by atoms with Crippen LogP contribution in [0.3, 0.4) is 0 Å². The third kappa shape index (κ3) is 3.32. The summed E-state index contributed by atoms with van der Waals surface area (Å²) >= 11 is 0. The molecule has 0 spiro atoms. The second-order valence-electron chi connectivity index (χ2n) is 4.49. The normalized spacial score (nSPS) is 11.0. The van der Waals surface area contributed by atoms with Crippen LogP contribution < -0.4 is 4.74 Å². The number of aliphatic carboxylic acids is 1. The van der Waals surface area contributed by atoms with Crippen molar-refractivity contribution in [2.45, 2.75) is 0 Å². The summed E-state index contributed by atoms with van der Waals surface area (Å²) in [5.74, 6) is -1.66. The summed E-state index contributed by atoms with van der Waals surface area (Å²) in [5.41, 5.74) is 1.26. The van der Waals surface area contributed by atoms with Gasteiger partial charge in [0.1, 0.15) is 5.75 Å². The van der Waals surface area contributed by atoms with Gasteiger partial charge in [-0.1, -0.05) is 30.3 Å². The van der Waals surface area contributed by atoms with E-state index in [1.807, 2.05) is 0 Å². The molecule has 0 heterocycles. The van der Waals surface area contributed by atoms with Gasteiger partial charge in [-0.25, -0.2) is 9.59 Å². The van der Waals surface area contributed by atoms with Crippen LogP contribution in [0.4, 0.5) is 0 Å². The summed E-state index contributed by atoms with van der Waals surface area (Å²) in [6.45, 7) is 0. The number of methoxy groups -OCH3 is 1. The Kier molecular flexibility index (Phi) is 4.58. The van der Waals surface area contributed by atoms with Crippen LogP contribution in [0.15, 0.2) is 48.5 Å². The molecule has 0 unspecified atom stereocenters. The quantitative estimate of drug-likeness (QED) is 0.655. The van der Waals surface area contributed by atoms with Gasteiger partial charge in [-0.05, 0) is 29.8 Å². The molecule has 112 valence electrons. The van der Waals surface area contributed by atoms with Gasteiger partial charge in [-0.15, -0.1) is 0 Å². The van der Waals surface area contributed by atoms with Crippen molar-refractivity contribution in [2.75, 3.05) is 7.11 Å². The lowest BCUT2D eigenvalue weighted by atomic mass is 10.0. The number of hydrogen-bond acceptors (Lipinski definition) is 3. The summed E-state index contributed by atoms with van der Waals surface area (Å²) in [5, 5.41) is 18.3. The van der Waals surface area contributed by atoms with Gasteiger partial charge in [-0.2, -0.15) is 0 Å². The monoisotopic (exact) mass is 298 g/mol. The van der Waals surface area contributed by atoms with E-state index in [1.165, 1.54) is 25.3 Å². The predicted molar refractivity (Wildman–Crippen MR) is 81.9 cm³/mol. The zero-order chi connectivity index (χ0) is 16.1.